The molecule has 2 aromatic rings. The predicted molar refractivity (Wildman–Crippen MR) is 81.5 cm³/mol. The van der Waals surface area contributed by atoms with Gasteiger partial charge in [0.2, 0.25) is 11.6 Å². The van der Waals surface area contributed by atoms with Crippen LogP contribution >= 0.6 is 0 Å². The number of hydrogen-bond donors (Lipinski definition) is 2. The molecule has 2 unspecified atom stereocenters. The van der Waals surface area contributed by atoms with Crippen LogP contribution in [0.1, 0.15) is 56.7 Å². The maximum Gasteiger partial charge on any atom is 0.237 e. The van der Waals surface area contributed by atoms with Gasteiger partial charge in [0, 0.05) is 22.6 Å². The van der Waals surface area contributed by atoms with Gasteiger partial charge in [0.25, 0.3) is 0 Å². The lowest BCUT2D eigenvalue weighted by Gasteiger charge is -2.30. The minimum atomic E-state index is -0.627. The molecule has 5 heteroatoms. The molecule has 1 aromatic carbocycles. The van der Waals surface area contributed by atoms with Crippen LogP contribution in [0.15, 0.2) is 22.8 Å². The Morgan fingerprint density at radius 1 is 1.22 bits per heavy atom. The summed E-state index contributed by atoms with van der Waals surface area (Å²) in [5.41, 5.74) is 3.27. The number of furan rings is 1. The second kappa shape index (κ2) is 4.88. The molecule has 23 heavy (non-hydrogen) atoms. The van der Waals surface area contributed by atoms with Crippen LogP contribution in [0, 0.1) is 0 Å². The quantitative estimate of drug-likeness (QED) is 0.788. The molecule has 0 aliphatic heterocycles. The highest BCUT2D eigenvalue weighted by Crippen LogP contribution is 2.42. The summed E-state index contributed by atoms with van der Waals surface area (Å²) in [5.74, 6) is -0.894. The Labute approximate surface area is 132 Å². The number of fused-ring (bicyclic) bond motifs is 5. The Bertz CT molecular complexity index is 845. The van der Waals surface area contributed by atoms with E-state index >= 15 is 0 Å². The summed E-state index contributed by atoms with van der Waals surface area (Å²) in [7, 11) is 0. The van der Waals surface area contributed by atoms with Crippen LogP contribution in [0.5, 0.6) is 0 Å². The normalized spacial score (nSPS) is 22.6. The number of ketones is 2. The summed E-state index contributed by atoms with van der Waals surface area (Å²) in [5, 5.41) is 19.4. The maximum absolute atomic E-state index is 12.7. The first-order valence-electron chi connectivity index (χ1n) is 7.69. The van der Waals surface area contributed by atoms with E-state index in [1.807, 2.05) is 13.0 Å². The van der Waals surface area contributed by atoms with E-state index in [1.165, 1.54) is 6.26 Å². The smallest absolute Gasteiger partial charge is 0.237 e. The lowest BCUT2D eigenvalue weighted by molar-refractivity contribution is 0.0811. The van der Waals surface area contributed by atoms with Gasteiger partial charge < -0.3 is 14.6 Å². The minimum Gasteiger partial charge on any atom is -0.463 e. The Hall–Kier alpha value is -2.24. The fourth-order valence-corrected chi connectivity index (χ4v) is 3.74. The molecule has 2 aliphatic carbocycles. The van der Waals surface area contributed by atoms with Crippen LogP contribution < -0.4 is 0 Å². The first kappa shape index (κ1) is 14.4. The van der Waals surface area contributed by atoms with Gasteiger partial charge in [-0.2, -0.15) is 0 Å². The van der Waals surface area contributed by atoms with E-state index < -0.39 is 17.7 Å². The Kier molecular flexibility index (Phi) is 3.04. The van der Waals surface area contributed by atoms with Gasteiger partial charge in [0.1, 0.15) is 5.76 Å². The molecule has 1 aromatic heterocycles. The van der Waals surface area contributed by atoms with E-state index in [0.717, 1.165) is 11.1 Å². The van der Waals surface area contributed by atoms with Crippen molar-refractivity contribution in [2.24, 2.45) is 0 Å². The van der Waals surface area contributed by atoms with Gasteiger partial charge in [0.05, 0.1) is 24.5 Å². The van der Waals surface area contributed by atoms with Crippen molar-refractivity contribution in [1.82, 2.24) is 0 Å². The van der Waals surface area contributed by atoms with Gasteiger partial charge in [-0.1, -0.05) is 19.1 Å². The van der Waals surface area contributed by atoms with Crippen LogP contribution in [-0.4, -0.2) is 27.9 Å². The number of rotatable bonds is 1. The fraction of sp³-hybridized carbons (Fsp3) is 0.333. The van der Waals surface area contributed by atoms with E-state index in [2.05, 4.69) is 0 Å². The fourth-order valence-electron chi connectivity index (χ4n) is 3.74. The standard InChI is InChI=1S/C18H16O5/c1-8-10-2-3-12-15(11(10)4-5-13(8)20)17(22)16(21)14-9(6-19)7-23-18(12)14/h2-3,7-8,13,19-20H,4-6H2,1H3. The molecule has 0 fully saturated rings. The molecule has 0 amide bonds. The van der Waals surface area contributed by atoms with Crippen LogP contribution in [0.3, 0.4) is 0 Å². The van der Waals surface area contributed by atoms with Gasteiger partial charge in [-0.05, 0) is 24.0 Å². The van der Waals surface area contributed by atoms with Crippen LogP contribution in [0.25, 0.3) is 11.3 Å². The van der Waals surface area contributed by atoms with Crippen molar-refractivity contribution in [1.29, 1.82) is 0 Å². The summed E-state index contributed by atoms with van der Waals surface area (Å²) in [4.78, 5) is 25.2. The second-order valence-corrected chi connectivity index (χ2v) is 6.23. The predicted octanol–water partition coefficient (Wildman–Crippen LogP) is 2.23. The number of aliphatic hydroxyl groups is 2. The molecule has 0 spiro atoms. The Balaban J connectivity index is 2.01. The number of hydrogen-bond acceptors (Lipinski definition) is 5. The van der Waals surface area contributed by atoms with E-state index in [-0.39, 0.29) is 18.1 Å². The average Bonchev–Trinajstić information content (AvgIpc) is 2.99. The molecular formula is C18H16O5. The van der Waals surface area contributed by atoms with E-state index in [4.69, 9.17) is 4.42 Å². The zero-order valence-electron chi connectivity index (χ0n) is 12.6. The number of Topliss-reactive ketones (excluding diaryl/α,β-unsaturated/α-hetero) is 2. The maximum atomic E-state index is 12.7. The third-order valence-corrected chi connectivity index (χ3v) is 5.05. The zero-order chi connectivity index (χ0) is 16.3. The molecule has 0 bridgehead atoms. The van der Waals surface area contributed by atoms with Crippen LogP contribution in [-0.2, 0) is 13.0 Å². The molecular weight excluding hydrogens is 296 g/mol. The molecule has 5 nitrogen and oxygen atoms in total. The van der Waals surface area contributed by atoms with Crippen molar-refractivity contribution in [2.45, 2.75) is 38.4 Å². The van der Waals surface area contributed by atoms with Gasteiger partial charge in [0.15, 0.2) is 0 Å². The Morgan fingerprint density at radius 3 is 2.70 bits per heavy atom. The molecule has 4 rings (SSSR count). The van der Waals surface area contributed by atoms with E-state index in [1.54, 1.807) is 6.07 Å². The lowest BCUT2D eigenvalue weighted by Crippen LogP contribution is -2.29. The van der Waals surface area contributed by atoms with Crippen LogP contribution in [0.2, 0.25) is 0 Å². The summed E-state index contributed by atoms with van der Waals surface area (Å²) in [6.07, 6.45) is 2.02. The van der Waals surface area contributed by atoms with Gasteiger partial charge in [-0.25, -0.2) is 0 Å². The topological polar surface area (TPSA) is 87.7 Å². The first-order valence-corrected chi connectivity index (χ1v) is 7.69. The highest BCUT2D eigenvalue weighted by atomic mass is 16.3. The molecule has 118 valence electrons. The summed E-state index contributed by atoms with van der Waals surface area (Å²) in [6.45, 7) is 1.58. The number of aliphatic hydroxyl groups excluding tert-OH is 2. The Morgan fingerprint density at radius 2 is 1.96 bits per heavy atom. The monoisotopic (exact) mass is 312 g/mol. The van der Waals surface area contributed by atoms with Gasteiger partial charge in [-0.3, -0.25) is 9.59 Å². The zero-order valence-corrected chi connectivity index (χ0v) is 12.6. The molecule has 0 saturated carbocycles. The number of carbonyl (C=O) groups excluding carboxylic acids is 2. The minimum absolute atomic E-state index is 0.0713. The van der Waals surface area contributed by atoms with Crippen molar-refractivity contribution < 1.29 is 24.2 Å². The summed E-state index contributed by atoms with van der Waals surface area (Å²) < 4.78 is 5.48. The molecule has 0 saturated heterocycles. The van der Waals surface area contributed by atoms with Crippen molar-refractivity contribution in [3.05, 3.63) is 46.2 Å². The number of carbonyl (C=O) groups is 2. The second-order valence-electron chi connectivity index (χ2n) is 6.23. The largest absolute Gasteiger partial charge is 0.463 e. The van der Waals surface area contributed by atoms with Crippen molar-refractivity contribution in [2.75, 3.05) is 0 Å². The number of benzene rings is 1. The molecule has 2 N–H and O–H groups in total. The summed E-state index contributed by atoms with van der Waals surface area (Å²) >= 11 is 0. The van der Waals surface area contributed by atoms with Crippen molar-refractivity contribution >= 4 is 11.6 Å². The lowest BCUT2D eigenvalue weighted by atomic mass is 9.75. The molecule has 0 radical (unpaired) electrons. The van der Waals surface area contributed by atoms with Gasteiger partial charge >= 0.3 is 0 Å². The van der Waals surface area contributed by atoms with E-state index in [0.29, 0.717) is 35.3 Å². The third-order valence-electron chi connectivity index (χ3n) is 5.05. The SMILES string of the molecule is CC1c2ccc3c(c2CCC1O)C(=O)C(=O)c1c(CO)coc1-3. The molecule has 2 atom stereocenters. The van der Waals surface area contributed by atoms with E-state index in [9.17, 15) is 19.8 Å². The molecule has 2 aliphatic rings. The average molecular weight is 312 g/mol. The highest BCUT2D eigenvalue weighted by Gasteiger charge is 2.39. The highest BCUT2D eigenvalue weighted by molar-refractivity contribution is 6.53. The van der Waals surface area contributed by atoms with Gasteiger partial charge in [-0.15, -0.1) is 0 Å². The van der Waals surface area contributed by atoms with Crippen molar-refractivity contribution in [3.63, 3.8) is 0 Å². The first-order chi connectivity index (χ1) is 11.0. The van der Waals surface area contributed by atoms with Crippen molar-refractivity contribution in [3.8, 4) is 11.3 Å². The third kappa shape index (κ3) is 1.81. The summed E-state index contributed by atoms with van der Waals surface area (Å²) in [6, 6.07) is 3.67. The molecule has 1 heterocycles. The van der Waals surface area contributed by atoms with Crippen LogP contribution in [0.4, 0.5) is 0 Å².